The second-order valence-corrected chi connectivity index (χ2v) is 5.02. The van der Waals surface area contributed by atoms with E-state index in [2.05, 4.69) is 0 Å². The molecule has 0 radical (unpaired) electrons. The minimum Gasteiger partial charge on any atom is -0.374 e. The lowest BCUT2D eigenvalue weighted by molar-refractivity contribution is 0.00761. The van der Waals surface area contributed by atoms with Gasteiger partial charge in [-0.2, -0.15) is 8.42 Å². The van der Waals surface area contributed by atoms with E-state index < -0.39 is 15.5 Å². The van der Waals surface area contributed by atoms with Gasteiger partial charge in [-0.1, -0.05) is 0 Å². The van der Waals surface area contributed by atoms with E-state index in [1.165, 1.54) is 0 Å². The Morgan fingerprint density at radius 3 is 2.50 bits per heavy atom. The van der Waals surface area contributed by atoms with Crippen molar-refractivity contribution >= 4 is 10.2 Å². The van der Waals surface area contributed by atoms with E-state index in [1.807, 2.05) is 0 Å². The first-order valence-corrected chi connectivity index (χ1v) is 5.61. The zero-order valence-electron chi connectivity index (χ0n) is 6.57. The molecule has 2 aliphatic rings. The molecule has 0 aromatic carbocycles. The Bertz CT molecular complexity index is 274. The zero-order valence-corrected chi connectivity index (χ0v) is 7.39. The van der Waals surface area contributed by atoms with Crippen LogP contribution in [-0.4, -0.2) is 25.9 Å². The van der Waals surface area contributed by atoms with Gasteiger partial charge >= 0.3 is 10.2 Å². The van der Waals surface area contributed by atoms with Crippen molar-refractivity contribution < 1.29 is 17.0 Å². The monoisotopic (exact) mass is 194 g/mol. The fraction of sp³-hybridized carbons (Fsp3) is 1.00. The molecule has 2 bridgehead atoms. The molecule has 3 atom stereocenters. The minimum atomic E-state index is -4.39. The summed E-state index contributed by atoms with van der Waals surface area (Å²) in [5.74, 6) is 0. The van der Waals surface area contributed by atoms with Crippen molar-refractivity contribution in [3.8, 4) is 0 Å². The molecule has 0 aliphatic carbocycles. The number of halogens is 1. The Morgan fingerprint density at radius 1 is 1.17 bits per heavy atom. The van der Waals surface area contributed by atoms with Gasteiger partial charge in [0.1, 0.15) is 5.25 Å². The number of hydrogen-bond acceptors (Lipinski definition) is 3. The first-order chi connectivity index (χ1) is 5.57. The maximum Gasteiger partial charge on any atom is 0.307 e. The van der Waals surface area contributed by atoms with Crippen molar-refractivity contribution in [2.45, 2.75) is 43.1 Å². The van der Waals surface area contributed by atoms with E-state index in [-0.39, 0.29) is 12.2 Å². The fourth-order valence-electron chi connectivity index (χ4n) is 2.08. The predicted molar refractivity (Wildman–Crippen MR) is 40.9 cm³/mol. The highest BCUT2D eigenvalue weighted by molar-refractivity contribution is 7.87. The third kappa shape index (κ3) is 1.35. The van der Waals surface area contributed by atoms with Crippen molar-refractivity contribution in [3.05, 3.63) is 0 Å². The molecule has 0 amide bonds. The van der Waals surface area contributed by atoms with Gasteiger partial charge < -0.3 is 4.74 Å². The molecule has 0 spiro atoms. The highest BCUT2D eigenvalue weighted by Gasteiger charge is 2.43. The van der Waals surface area contributed by atoms with Crippen LogP contribution in [0.1, 0.15) is 25.7 Å². The zero-order chi connectivity index (χ0) is 8.77. The Balaban J connectivity index is 2.18. The SMILES string of the molecule is O=S(=O)(F)C1CCC2CCC1O2. The molecule has 2 aliphatic heterocycles. The average Bonchev–Trinajstić information content (AvgIpc) is 2.30. The van der Waals surface area contributed by atoms with Gasteiger partial charge in [0.05, 0.1) is 12.2 Å². The van der Waals surface area contributed by atoms with Gasteiger partial charge in [-0.05, 0) is 25.7 Å². The van der Waals surface area contributed by atoms with Crippen LogP contribution in [0, 0.1) is 0 Å². The molecule has 12 heavy (non-hydrogen) atoms. The molecule has 0 aromatic heterocycles. The molecule has 2 heterocycles. The number of ether oxygens (including phenoxy) is 1. The van der Waals surface area contributed by atoms with Gasteiger partial charge in [0.15, 0.2) is 0 Å². The molecule has 2 saturated heterocycles. The molecule has 0 aromatic rings. The normalized spacial score (nSPS) is 41.6. The Morgan fingerprint density at radius 2 is 1.83 bits per heavy atom. The lowest BCUT2D eigenvalue weighted by atomic mass is 10.1. The van der Waals surface area contributed by atoms with Gasteiger partial charge in [0.25, 0.3) is 0 Å². The molecule has 70 valence electrons. The van der Waals surface area contributed by atoms with Gasteiger partial charge in [-0.3, -0.25) is 0 Å². The fourth-order valence-corrected chi connectivity index (χ4v) is 3.06. The smallest absolute Gasteiger partial charge is 0.307 e. The summed E-state index contributed by atoms with van der Waals surface area (Å²) in [4.78, 5) is 0. The summed E-state index contributed by atoms with van der Waals surface area (Å²) < 4.78 is 39.2. The van der Waals surface area contributed by atoms with Gasteiger partial charge in [-0.25, -0.2) is 0 Å². The quantitative estimate of drug-likeness (QED) is 0.585. The number of fused-ring (bicyclic) bond motifs is 2. The summed E-state index contributed by atoms with van der Waals surface area (Å²) in [7, 11) is -4.39. The predicted octanol–water partition coefficient (Wildman–Crippen LogP) is 0.996. The van der Waals surface area contributed by atoms with Crippen LogP contribution < -0.4 is 0 Å². The van der Waals surface area contributed by atoms with Crippen molar-refractivity contribution in [2.24, 2.45) is 0 Å². The van der Waals surface area contributed by atoms with Gasteiger partial charge in [-0.15, -0.1) is 3.89 Å². The topological polar surface area (TPSA) is 43.4 Å². The van der Waals surface area contributed by atoms with Crippen molar-refractivity contribution in [3.63, 3.8) is 0 Å². The molecular formula is C7H11FO3S. The van der Waals surface area contributed by atoms with E-state index >= 15 is 0 Å². The third-order valence-electron chi connectivity index (χ3n) is 2.69. The molecule has 0 saturated carbocycles. The van der Waals surface area contributed by atoms with E-state index in [0.29, 0.717) is 19.3 Å². The van der Waals surface area contributed by atoms with E-state index in [4.69, 9.17) is 4.74 Å². The molecule has 2 rings (SSSR count). The van der Waals surface area contributed by atoms with Crippen molar-refractivity contribution in [1.29, 1.82) is 0 Å². The summed E-state index contributed by atoms with van der Waals surface area (Å²) in [6, 6.07) is 0. The van der Waals surface area contributed by atoms with Crippen LogP contribution in [0.15, 0.2) is 0 Å². The summed E-state index contributed by atoms with van der Waals surface area (Å²) in [6.07, 6.45) is 2.50. The summed E-state index contributed by atoms with van der Waals surface area (Å²) in [5, 5.41) is -0.892. The largest absolute Gasteiger partial charge is 0.374 e. The van der Waals surface area contributed by atoms with Gasteiger partial charge in [0, 0.05) is 0 Å². The second kappa shape index (κ2) is 2.67. The molecule has 0 N–H and O–H groups in total. The van der Waals surface area contributed by atoms with Crippen molar-refractivity contribution in [1.82, 2.24) is 0 Å². The van der Waals surface area contributed by atoms with E-state index in [9.17, 15) is 12.3 Å². The van der Waals surface area contributed by atoms with Crippen LogP contribution in [0.4, 0.5) is 3.89 Å². The summed E-state index contributed by atoms with van der Waals surface area (Å²) in [6.45, 7) is 0. The first-order valence-electron chi connectivity index (χ1n) is 4.16. The molecule has 3 nitrogen and oxygen atoms in total. The second-order valence-electron chi connectivity index (χ2n) is 3.47. The maximum absolute atomic E-state index is 12.6. The minimum absolute atomic E-state index is 0.188. The highest BCUT2D eigenvalue weighted by atomic mass is 32.3. The number of rotatable bonds is 1. The van der Waals surface area contributed by atoms with Crippen molar-refractivity contribution in [2.75, 3.05) is 0 Å². The lowest BCUT2D eigenvalue weighted by Crippen LogP contribution is -2.36. The summed E-state index contributed by atoms with van der Waals surface area (Å²) >= 11 is 0. The maximum atomic E-state index is 12.6. The Labute approximate surface area is 71.1 Å². The average molecular weight is 194 g/mol. The van der Waals surface area contributed by atoms with E-state index in [1.54, 1.807) is 0 Å². The Kier molecular flexibility index (Phi) is 1.88. The molecule has 3 unspecified atom stereocenters. The first kappa shape index (κ1) is 8.44. The number of hydrogen-bond donors (Lipinski definition) is 0. The van der Waals surface area contributed by atoms with Crippen LogP contribution in [0.5, 0.6) is 0 Å². The molecular weight excluding hydrogens is 183 g/mol. The molecule has 5 heteroatoms. The van der Waals surface area contributed by atoms with Crippen LogP contribution in [0.25, 0.3) is 0 Å². The van der Waals surface area contributed by atoms with Crippen LogP contribution in [0.3, 0.4) is 0 Å². The molecule has 2 fully saturated rings. The van der Waals surface area contributed by atoms with E-state index in [0.717, 1.165) is 6.42 Å². The summed E-state index contributed by atoms with van der Waals surface area (Å²) in [5.41, 5.74) is 0. The van der Waals surface area contributed by atoms with Crippen LogP contribution in [0.2, 0.25) is 0 Å². The van der Waals surface area contributed by atoms with Gasteiger partial charge in [0.2, 0.25) is 0 Å². The standard InChI is InChI=1S/C7H11FO3S/c8-12(9,10)7-4-2-5-1-3-6(7)11-5/h5-7H,1-4H2. The third-order valence-corrected chi connectivity index (χ3v) is 3.95. The Hall–Kier alpha value is -0.160. The van der Waals surface area contributed by atoms with Crippen LogP contribution in [-0.2, 0) is 15.0 Å². The lowest BCUT2D eigenvalue weighted by Gasteiger charge is -2.25. The highest BCUT2D eigenvalue weighted by Crippen LogP contribution is 2.36. The van der Waals surface area contributed by atoms with Crippen LogP contribution >= 0.6 is 0 Å².